The van der Waals surface area contributed by atoms with Crippen molar-refractivity contribution in [3.05, 3.63) is 34.3 Å². The van der Waals surface area contributed by atoms with Crippen LogP contribution in [0.15, 0.2) is 24.3 Å². The van der Waals surface area contributed by atoms with Crippen molar-refractivity contribution >= 4 is 28.9 Å². The molecule has 1 aromatic heterocycles. The molecule has 0 N–H and O–H groups in total. The summed E-state index contributed by atoms with van der Waals surface area (Å²) in [7, 11) is 2.84. The van der Waals surface area contributed by atoms with Crippen molar-refractivity contribution in [2.24, 2.45) is 0 Å². The van der Waals surface area contributed by atoms with Crippen molar-refractivity contribution in [2.75, 3.05) is 14.2 Å². The molecular formula is C12H10ClNO4S. The van der Waals surface area contributed by atoms with Crippen molar-refractivity contribution in [1.29, 1.82) is 0 Å². The molecule has 0 saturated heterocycles. The van der Waals surface area contributed by atoms with Gasteiger partial charge in [-0.2, -0.15) is 4.98 Å². The lowest BCUT2D eigenvalue weighted by molar-refractivity contribution is 0.0606. The van der Waals surface area contributed by atoms with Gasteiger partial charge in [0.2, 0.25) is 0 Å². The number of halogens is 1. The van der Waals surface area contributed by atoms with Gasteiger partial charge in [0.15, 0.2) is 10.0 Å². The first kappa shape index (κ1) is 13.6. The number of aromatic nitrogens is 1. The predicted octanol–water partition coefficient (Wildman–Crippen LogP) is 3.38. The van der Waals surface area contributed by atoms with Gasteiger partial charge < -0.3 is 14.2 Å². The minimum atomic E-state index is -0.539. The van der Waals surface area contributed by atoms with E-state index < -0.39 is 5.97 Å². The summed E-state index contributed by atoms with van der Waals surface area (Å²) in [5.74, 6) is 0.664. The predicted molar refractivity (Wildman–Crippen MR) is 71.5 cm³/mol. The highest BCUT2D eigenvalue weighted by molar-refractivity contribution is 7.15. The molecule has 0 fully saturated rings. The lowest BCUT2D eigenvalue weighted by Crippen LogP contribution is -1.98. The topological polar surface area (TPSA) is 57.7 Å². The fraction of sp³-hybridized carbons (Fsp3) is 0.167. The van der Waals surface area contributed by atoms with Crippen molar-refractivity contribution in [3.63, 3.8) is 0 Å². The first-order valence-corrected chi connectivity index (χ1v) is 6.40. The maximum Gasteiger partial charge on any atom is 0.351 e. The van der Waals surface area contributed by atoms with E-state index >= 15 is 0 Å². The van der Waals surface area contributed by atoms with Gasteiger partial charge in [-0.05, 0) is 12.1 Å². The molecule has 0 amide bonds. The number of benzene rings is 1. The second-order valence-electron chi connectivity index (χ2n) is 3.37. The van der Waals surface area contributed by atoms with Gasteiger partial charge in [0, 0.05) is 6.07 Å². The maximum atomic E-state index is 11.4. The third kappa shape index (κ3) is 3.15. The van der Waals surface area contributed by atoms with E-state index in [9.17, 15) is 4.79 Å². The number of hydrogen-bond acceptors (Lipinski definition) is 6. The Kier molecular flexibility index (Phi) is 4.24. The van der Waals surface area contributed by atoms with Gasteiger partial charge in [0.1, 0.15) is 11.5 Å². The maximum absolute atomic E-state index is 11.4. The Hall–Kier alpha value is -1.79. The van der Waals surface area contributed by atoms with Crippen LogP contribution in [-0.2, 0) is 4.74 Å². The molecule has 0 aliphatic rings. The third-order valence-corrected chi connectivity index (χ3v) is 3.48. The molecule has 1 heterocycles. The van der Waals surface area contributed by atoms with Gasteiger partial charge in [-0.15, -0.1) is 0 Å². The molecule has 0 radical (unpaired) electrons. The molecule has 0 spiro atoms. The molecule has 5 nitrogen and oxygen atoms in total. The summed E-state index contributed by atoms with van der Waals surface area (Å²) in [6, 6.07) is 7.02. The highest BCUT2D eigenvalue weighted by Crippen LogP contribution is 2.33. The average molecular weight is 300 g/mol. The van der Waals surface area contributed by atoms with Gasteiger partial charge in [0.25, 0.3) is 5.19 Å². The van der Waals surface area contributed by atoms with E-state index in [1.807, 2.05) is 0 Å². The summed E-state index contributed by atoms with van der Waals surface area (Å²) in [6.07, 6.45) is 0. The first-order valence-electron chi connectivity index (χ1n) is 5.20. The number of rotatable bonds is 4. The molecular weight excluding hydrogens is 290 g/mol. The molecule has 100 valence electrons. The summed E-state index contributed by atoms with van der Waals surface area (Å²) in [4.78, 5) is 15.5. The number of methoxy groups -OCH3 is 2. The van der Waals surface area contributed by atoms with Crippen molar-refractivity contribution in [1.82, 2.24) is 4.98 Å². The van der Waals surface area contributed by atoms with E-state index in [4.69, 9.17) is 21.1 Å². The Morgan fingerprint density at radius 3 is 2.74 bits per heavy atom. The minimum Gasteiger partial charge on any atom is -0.497 e. The summed E-state index contributed by atoms with van der Waals surface area (Å²) >= 11 is 6.86. The summed E-state index contributed by atoms with van der Waals surface area (Å²) in [5.41, 5.74) is 0. The molecule has 7 heteroatoms. The molecule has 19 heavy (non-hydrogen) atoms. The van der Waals surface area contributed by atoms with Crippen LogP contribution in [0.3, 0.4) is 0 Å². The molecule has 0 aliphatic heterocycles. The number of ether oxygens (including phenoxy) is 3. The van der Waals surface area contributed by atoms with Gasteiger partial charge in [0.05, 0.1) is 14.2 Å². The summed E-state index contributed by atoms with van der Waals surface area (Å²) in [6.45, 7) is 0. The Labute approximate surface area is 118 Å². The second kappa shape index (κ2) is 5.90. The van der Waals surface area contributed by atoms with Crippen LogP contribution in [0.25, 0.3) is 0 Å². The number of nitrogens with zero attached hydrogens (tertiary/aromatic N) is 1. The van der Waals surface area contributed by atoms with Crippen LogP contribution in [-0.4, -0.2) is 25.2 Å². The van der Waals surface area contributed by atoms with E-state index in [2.05, 4.69) is 9.72 Å². The Balaban J connectivity index is 2.21. The SMILES string of the molecule is COC(=O)c1sc(Oc2cccc(OC)c2)nc1Cl. The molecule has 2 rings (SSSR count). The molecule has 1 aromatic carbocycles. The lowest BCUT2D eigenvalue weighted by Gasteiger charge is -2.03. The van der Waals surface area contributed by atoms with Crippen LogP contribution in [0.5, 0.6) is 16.7 Å². The Bertz CT molecular complexity index is 599. The molecule has 2 aromatic rings. The molecule has 0 bridgehead atoms. The van der Waals surface area contributed by atoms with E-state index in [-0.39, 0.29) is 15.2 Å². The van der Waals surface area contributed by atoms with Gasteiger partial charge in [-0.25, -0.2) is 4.79 Å². The normalized spacial score (nSPS) is 10.1. The Morgan fingerprint density at radius 2 is 2.05 bits per heavy atom. The monoisotopic (exact) mass is 299 g/mol. The van der Waals surface area contributed by atoms with Crippen LogP contribution < -0.4 is 9.47 Å². The second-order valence-corrected chi connectivity index (χ2v) is 4.69. The van der Waals surface area contributed by atoms with Crippen LogP contribution in [0, 0.1) is 0 Å². The lowest BCUT2D eigenvalue weighted by atomic mass is 10.3. The fourth-order valence-corrected chi connectivity index (χ4v) is 2.38. The minimum absolute atomic E-state index is 0.0646. The largest absolute Gasteiger partial charge is 0.497 e. The third-order valence-electron chi connectivity index (χ3n) is 2.18. The standard InChI is InChI=1S/C12H10ClNO4S/c1-16-7-4-3-5-8(6-7)18-12-14-10(13)9(19-12)11(15)17-2/h3-6H,1-2H3. The van der Waals surface area contributed by atoms with E-state index in [0.717, 1.165) is 11.3 Å². The fourth-order valence-electron chi connectivity index (χ4n) is 1.31. The number of esters is 1. The van der Waals surface area contributed by atoms with E-state index in [1.54, 1.807) is 31.4 Å². The number of carbonyl (C=O) groups is 1. The van der Waals surface area contributed by atoms with Crippen LogP contribution in [0.4, 0.5) is 0 Å². The van der Waals surface area contributed by atoms with Gasteiger partial charge >= 0.3 is 5.97 Å². The van der Waals surface area contributed by atoms with Gasteiger partial charge in [-0.1, -0.05) is 29.0 Å². The van der Waals surface area contributed by atoms with Crippen LogP contribution in [0.1, 0.15) is 9.67 Å². The Morgan fingerprint density at radius 1 is 1.32 bits per heavy atom. The first-order chi connectivity index (χ1) is 9.13. The van der Waals surface area contributed by atoms with Gasteiger partial charge in [-0.3, -0.25) is 0 Å². The zero-order valence-electron chi connectivity index (χ0n) is 10.2. The number of carbonyl (C=O) groups excluding carboxylic acids is 1. The summed E-state index contributed by atoms with van der Waals surface area (Å²) in [5, 5.41) is 0.327. The average Bonchev–Trinajstić information content (AvgIpc) is 2.79. The van der Waals surface area contributed by atoms with Crippen molar-refractivity contribution in [3.8, 4) is 16.7 Å². The molecule has 0 atom stereocenters. The number of thiazole rings is 1. The van der Waals surface area contributed by atoms with Crippen LogP contribution in [0.2, 0.25) is 5.15 Å². The highest BCUT2D eigenvalue weighted by atomic mass is 35.5. The quantitative estimate of drug-likeness (QED) is 0.810. The van der Waals surface area contributed by atoms with E-state index in [1.165, 1.54) is 7.11 Å². The zero-order valence-corrected chi connectivity index (χ0v) is 11.7. The zero-order chi connectivity index (χ0) is 13.8. The molecule has 0 saturated carbocycles. The van der Waals surface area contributed by atoms with Crippen molar-refractivity contribution < 1.29 is 19.0 Å². The molecule has 0 unspecified atom stereocenters. The van der Waals surface area contributed by atoms with Crippen molar-refractivity contribution in [2.45, 2.75) is 0 Å². The van der Waals surface area contributed by atoms with Crippen LogP contribution >= 0.6 is 22.9 Å². The smallest absolute Gasteiger partial charge is 0.351 e. The van der Waals surface area contributed by atoms with E-state index in [0.29, 0.717) is 11.5 Å². The highest BCUT2D eigenvalue weighted by Gasteiger charge is 2.18. The molecule has 0 aliphatic carbocycles. The number of hydrogen-bond donors (Lipinski definition) is 0. The summed E-state index contributed by atoms with van der Waals surface area (Å²) < 4.78 is 15.2.